The van der Waals surface area contributed by atoms with Crippen molar-refractivity contribution in [2.75, 3.05) is 10.5 Å². The van der Waals surface area contributed by atoms with Gasteiger partial charge in [0.15, 0.2) is 0 Å². The summed E-state index contributed by atoms with van der Waals surface area (Å²) >= 11 is 2.94. The number of aromatic nitrogens is 2. The number of benzene rings is 1. The highest BCUT2D eigenvalue weighted by Crippen LogP contribution is 2.28. The number of nitrogens with two attached hydrogens (primary N) is 1. The number of nitrogens with zero attached hydrogens (tertiary/aromatic N) is 1. The van der Waals surface area contributed by atoms with Gasteiger partial charge in [-0.1, -0.05) is 0 Å². The van der Waals surface area contributed by atoms with Crippen LogP contribution >= 0.6 is 15.9 Å². The molecule has 0 saturated carbocycles. The molecule has 6 nitrogen and oxygen atoms in total. The number of nitrogens with one attached hydrogen (secondary N) is 2. The van der Waals surface area contributed by atoms with Crippen molar-refractivity contribution in [2.24, 2.45) is 0 Å². The van der Waals surface area contributed by atoms with E-state index in [4.69, 9.17) is 5.73 Å². The van der Waals surface area contributed by atoms with E-state index in [1.165, 1.54) is 0 Å². The van der Waals surface area contributed by atoms with Gasteiger partial charge in [0, 0.05) is 0 Å². The number of sulfonamides is 1. The zero-order valence-electron chi connectivity index (χ0n) is 10.7. The van der Waals surface area contributed by atoms with E-state index < -0.39 is 15.8 Å². The monoisotopic (exact) mass is 362 g/mol. The van der Waals surface area contributed by atoms with E-state index in [9.17, 15) is 12.8 Å². The van der Waals surface area contributed by atoms with Gasteiger partial charge >= 0.3 is 0 Å². The molecule has 1 aromatic carbocycles. The third-order valence-electron chi connectivity index (χ3n) is 2.71. The summed E-state index contributed by atoms with van der Waals surface area (Å²) in [5.41, 5.74) is 6.84. The second kappa shape index (κ2) is 5.06. The van der Waals surface area contributed by atoms with Gasteiger partial charge < -0.3 is 5.73 Å². The van der Waals surface area contributed by atoms with Crippen molar-refractivity contribution in [3.8, 4) is 0 Å². The predicted molar refractivity (Wildman–Crippen MR) is 77.4 cm³/mol. The Morgan fingerprint density at radius 3 is 2.60 bits per heavy atom. The molecule has 2 aromatic rings. The van der Waals surface area contributed by atoms with E-state index in [-0.39, 0.29) is 15.1 Å². The van der Waals surface area contributed by atoms with Crippen molar-refractivity contribution >= 4 is 37.3 Å². The molecule has 0 spiro atoms. The molecule has 0 saturated heterocycles. The van der Waals surface area contributed by atoms with Gasteiger partial charge in [-0.25, -0.2) is 12.8 Å². The third-order valence-corrected chi connectivity index (χ3v) is 4.72. The molecule has 0 fully saturated rings. The van der Waals surface area contributed by atoms with Gasteiger partial charge in [-0.2, -0.15) is 5.10 Å². The second-order valence-electron chi connectivity index (χ2n) is 4.22. The summed E-state index contributed by atoms with van der Waals surface area (Å²) in [7, 11) is -3.93. The van der Waals surface area contributed by atoms with Gasteiger partial charge in [0.25, 0.3) is 10.0 Å². The Balaban J connectivity index is 2.49. The molecule has 9 heteroatoms. The molecule has 0 atom stereocenters. The second-order valence-corrected chi connectivity index (χ2v) is 6.72. The van der Waals surface area contributed by atoms with Crippen LogP contribution < -0.4 is 10.5 Å². The number of hydrogen-bond acceptors (Lipinski definition) is 4. The maximum Gasteiger partial charge on any atom is 0.264 e. The summed E-state index contributed by atoms with van der Waals surface area (Å²) in [6.07, 6.45) is 0. The van der Waals surface area contributed by atoms with Crippen LogP contribution in [0.2, 0.25) is 0 Å². The molecule has 4 N–H and O–H groups in total. The molecule has 0 unspecified atom stereocenters. The molecule has 0 bridgehead atoms. The summed E-state index contributed by atoms with van der Waals surface area (Å²) in [6.45, 7) is 3.34. The number of H-pyrrole nitrogens is 1. The first-order chi connectivity index (χ1) is 9.22. The Morgan fingerprint density at radius 2 is 2.05 bits per heavy atom. The standard InChI is InChI=1S/C11H12BrFN4O2S/c1-5-11(6(2)16-15-5)17-20(18,19)10-3-7(12)8(13)4-9(10)14/h3-4,17H,14H2,1-2H3,(H,15,16). The molecule has 0 aliphatic heterocycles. The number of aryl methyl sites for hydroxylation is 2. The molecule has 2 rings (SSSR count). The molecule has 0 aliphatic rings. The van der Waals surface area contributed by atoms with Gasteiger partial charge in [-0.05, 0) is 41.9 Å². The van der Waals surface area contributed by atoms with Crippen LogP contribution in [-0.2, 0) is 10.0 Å². The Labute approximate surface area is 123 Å². The van der Waals surface area contributed by atoms with Crippen molar-refractivity contribution < 1.29 is 12.8 Å². The first-order valence-corrected chi connectivity index (χ1v) is 7.79. The van der Waals surface area contributed by atoms with Gasteiger partial charge in [0.05, 0.1) is 27.2 Å². The number of nitrogen functional groups attached to an aromatic ring is 1. The largest absolute Gasteiger partial charge is 0.398 e. The van der Waals surface area contributed by atoms with Crippen molar-refractivity contribution in [2.45, 2.75) is 18.7 Å². The van der Waals surface area contributed by atoms with E-state index in [0.717, 1.165) is 12.1 Å². The minimum absolute atomic E-state index is 0.0210. The number of halogens is 2. The molecular weight excluding hydrogens is 351 g/mol. The molecule has 0 amide bonds. The smallest absolute Gasteiger partial charge is 0.264 e. The number of anilines is 2. The number of aromatic amines is 1. The minimum Gasteiger partial charge on any atom is -0.398 e. The average molecular weight is 363 g/mol. The lowest BCUT2D eigenvalue weighted by molar-refractivity contribution is 0.599. The van der Waals surface area contributed by atoms with E-state index in [2.05, 4.69) is 30.8 Å². The minimum atomic E-state index is -3.93. The third kappa shape index (κ3) is 2.63. The maximum atomic E-state index is 13.3. The van der Waals surface area contributed by atoms with E-state index >= 15 is 0 Å². The Morgan fingerprint density at radius 1 is 1.40 bits per heavy atom. The molecule has 20 heavy (non-hydrogen) atoms. The SMILES string of the molecule is Cc1n[nH]c(C)c1NS(=O)(=O)c1cc(Br)c(F)cc1N. The molecule has 1 aromatic heterocycles. The first kappa shape index (κ1) is 14.8. The fourth-order valence-corrected chi connectivity index (χ4v) is 3.48. The van der Waals surface area contributed by atoms with Crippen LogP contribution in [0, 0.1) is 19.7 Å². The summed E-state index contributed by atoms with van der Waals surface area (Å²) in [5, 5.41) is 6.56. The number of hydrogen-bond donors (Lipinski definition) is 3. The predicted octanol–water partition coefficient (Wildman–Crippen LogP) is 2.31. The first-order valence-electron chi connectivity index (χ1n) is 5.51. The lowest BCUT2D eigenvalue weighted by Crippen LogP contribution is -2.16. The molecule has 108 valence electrons. The topological polar surface area (TPSA) is 101 Å². The van der Waals surface area contributed by atoms with Gasteiger partial charge in [-0.15, -0.1) is 0 Å². The molecule has 0 radical (unpaired) electrons. The van der Waals surface area contributed by atoms with Crippen LogP contribution in [0.4, 0.5) is 15.8 Å². The Bertz CT molecular complexity index is 753. The van der Waals surface area contributed by atoms with Crippen molar-refractivity contribution in [1.82, 2.24) is 10.2 Å². The normalized spacial score (nSPS) is 11.6. The van der Waals surface area contributed by atoms with E-state index in [0.29, 0.717) is 17.1 Å². The molecular formula is C11H12BrFN4O2S. The molecule has 0 aliphatic carbocycles. The summed E-state index contributed by atoms with van der Waals surface area (Å²) in [5.74, 6) is -0.628. The highest BCUT2D eigenvalue weighted by molar-refractivity contribution is 9.10. The Hall–Kier alpha value is -1.61. The fraction of sp³-hybridized carbons (Fsp3) is 0.182. The fourth-order valence-electron chi connectivity index (χ4n) is 1.67. The van der Waals surface area contributed by atoms with E-state index in [1.807, 2.05) is 0 Å². The summed E-state index contributed by atoms with van der Waals surface area (Å²) in [4.78, 5) is -0.203. The van der Waals surface area contributed by atoms with Crippen molar-refractivity contribution in [3.05, 3.63) is 33.8 Å². The zero-order chi connectivity index (χ0) is 15.1. The van der Waals surface area contributed by atoms with Gasteiger partial charge in [0.1, 0.15) is 10.7 Å². The van der Waals surface area contributed by atoms with Crippen LogP contribution in [0.15, 0.2) is 21.5 Å². The van der Waals surface area contributed by atoms with E-state index in [1.54, 1.807) is 13.8 Å². The number of rotatable bonds is 3. The lowest BCUT2D eigenvalue weighted by atomic mass is 10.3. The maximum absolute atomic E-state index is 13.3. The van der Waals surface area contributed by atoms with Crippen LogP contribution in [-0.4, -0.2) is 18.6 Å². The van der Waals surface area contributed by atoms with Crippen LogP contribution in [0.5, 0.6) is 0 Å². The average Bonchev–Trinajstić information content (AvgIpc) is 2.65. The van der Waals surface area contributed by atoms with Crippen LogP contribution in [0.3, 0.4) is 0 Å². The highest BCUT2D eigenvalue weighted by atomic mass is 79.9. The van der Waals surface area contributed by atoms with Gasteiger partial charge in [-0.3, -0.25) is 9.82 Å². The quantitative estimate of drug-likeness (QED) is 0.729. The summed E-state index contributed by atoms with van der Waals surface area (Å²) in [6, 6.07) is 2.07. The van der Waals surface area contributed by atoms with Crippen LogP contribution in [0.1, 0.15) is 11.4 Å². The Kier molecular flexibility index (Phi) is 3.74. The zero-order valence-corrected chi connectivity index (χ0v) is 13.1. The van der Waals surface area contributed by atoms with Crippen molar-refractivity contribution in [1.29, 1.82) is 0 Å². The highest BCUT2D eigenvalue weighted by Gasteiger charge is 2.22. The van der Waals surface area contributed by atoms with Crippen LogP contribution in [0.25, 0.3) is 0 Å². The molecule has 1 heterocycles. The van der Waals surface area contributed by atoms with Gasteiger partial charge in [0.2, 0.25) is 0 Å². The summed E-state index contributed by atoms with van der Waals surface area (Å²) < 4.78 is 40.3. The lowest BCUT2D eigenvalue weighted by Gasteiger charge is -2.11. The van der Waals surface area contributed by atoms with Crippen molar-refractivity contribution in [3.63, 3.8) is 0 Å².